The van der Waals surface area contributed by atoms with Crippen molar-refractivity contribution in [1.82, 2.24) is 4.90 Å². The van der Waals surface area contributed by atoms with Crippen LogP contribution in [0.25, 0.3) is 0 Å². The van der Waals surface area contributed by atoms with Crippen molar-refractivity contribution >= 4 is 5.78 Å². The molecule has 0 fully saturated rings. The predicted molar refractivity (Wildman–Crippen MR) is 79.1 cm³/mol. The van der Waals surface area contributed by atoms with Gasteiger partial charge in [0, 0.05) is 18.7 Å². The van der Waals surface area contributed by atoms with Crippen LogP contribution in [0.2, 0.25) is 0 Å². The van der Waals surface area contributed by atoms with Gasteiger partial charge in [-0.1, -0.05) is 32.3 Å². The maximum atomic E-state index is 12.9. The van der Waals surface area contributed by atoms with Crippen LogP contribution in [0.1, 0.15) is 49.4 Å². The van der Waals surface area contributed by atoms with Crippen molar-refractivity contribution in [3.05, 3.63) is 47.4 Å². The van der Waals surface area contributed by atoms with Crippen LogP contribution in [0.5, 0.6) is 0 Å². The van der Waals surface area contributed by atoms with Gasteiger partial charge in [0.1, 0.15) is 5.82 Å². The molecule has 0 saturated heterocycles. The fourth-order valence-electron chi connectivity index (χ4n) is 2.55. The van der Waals surface area contributed by atoms with E-state index in [-0.39, 0.29) is 11.6 Å². The lowest BCUT2D eigenvalue weighted by Crippen LogP contribution is -2.25. The normalized spacial score (nSPS) is 14.5. The Bertz CT molecular complexity index is 478. The molecule has 20 heavy (non-hydrogen) atoms. The Morgan fingerprint density at radius 3 is 2.65 bits per heavy atom. The summed E-state index contributed by atoms with van der Waals surface area (Å²) in [6.45, 7) is 4.06. The highest BCUT2D eigenvalue weighted by Gasteiger charge is 2.22. The molecule has 0 bridgehead atoms. The topological polar surface area (TPSA) is 20.3 Å². The van der Waals surface area contributed by atoms with Crippen LogP contribution in [-0.2, 0) is 0 Å². The average Bonchev–Trinajstić information content (AvgIpc) is 2.92. The number of Topliss-reactive ketones (excluding diaryl/α,β-unsaturated/α-hetero) is 1. The molecule has 2 nitrogen and oxygen atoms in total. The molecule has 1 aliphatic heterocycles. The summed E-state index contributed by atoms with van der Waals surface area (Å²) in [7, 11) is 0. The van der Waals surface area contributed by atoms with Crippen LogP contribution < -0.4 is 0 Å². The van der Waals surface area contributed by atoms with Crippen LogP contribution in [0.3, 0.4) is 0 Å². The molecule has 0 unspecified atom stereocenters. The Balaban J connectivity index is 1.96. The number of rotatable bonds is 7. The third-order valence-electron chi connectivity index (χ3n) is 3.70. The molecular formula is C17H22FNO. The number of halogens is 1. The van der Waals surface area contributed by atoms with E-state index < -0.39 is 0 Å². The fraction of sp³-hybridized carbons (Fsp3) is 0.471. The summed E-state index contributed by atoms with van der Waals surface area (Å²) < 4.78 is 12.9. The van der Waals surface area contributed by atoms with Gasteiger partial charge >= 0.3 is 0 Å². The van der Waals surface area contributed by atoms with Crippen molar-refractivity contribution in [2.24, 2.45) is 0 Å². The van der Waals surface area contributed by atoms with Gasteiger partial charge in [0.05, 0.1) is 5.70 Å². The Kier molecular flexibility index (Phi) is 5.33. The van der Waals surface area contributed by atoms with E-state index in [0.717, 1.165) is 31.6 Å². The number of hydrogen-bond acceptors (Lipinski definition) is 2. The Hall–Kier alpha value is -1.64. The van der Waals surface area contributed by atoms with E-state index >= 15 is 0 Å². The Morgan fingerprint density at radius 2 is 1.95 bits per heavy atom. The number of nitrogens with zero attached hydrogens (tertiary/aromatic N) is 1. The van der Waals surface area contributed by atoms with E-state index in [9.17, 15) is 9.18 Å². The highest BCUT2D eigenvalue weighted by molar-refractivity contribution is 6.08. The summed E-state index contributed by atoms with van der Waals surface area (Å²) in [6.07, 6.45) is 7.74. The first kappa shape index (κ1) is 14.8. The SMILES string of the molecule is CCCCCCN1CCC=C1C(=O)c1ccc(F)cc1. The second-order valence-electron chi connectivity index (χ2n) is 5.26. The van der Waals surface area contributed by atoms with E-state index in [1.54, 1.807) is 12.1 Å². The van der Waals surface area contributed by atoms with Gasteiger partial charge in [0.25, 0.3) is 0 Å². The van der Waals surface area contributed by atoms with E-state index in [2.05, 4.69) is 11.8 Å². The summed E-state index contributed by atoms with van der Waals surface area (Å²) >= 11 is 0. The molecule has 2 rings (SSSR count). The van der Waals surface area contributed by atoms with Crippen molar-refractivity contribution in [1.29, 1.82) is 0 Å². The van der Waals surface area contributed by atoms with Crippen LogP contribution in [-0.4, -0.2) is 23.8 Å². The van der Waals surface area contributed by atoms with Gasteiger partial charge in [0.15, 0.2) is 0 Å². The quantitative estimate of drug-likeness (QED) is 0.549. The van der Waals surface area contributed by atoms with Crippen LogP contribution >= 0.6 is 0 Å². The fourth-order valence-corrected chi connectivity index (χ4v) is 2.55. The minimum Gasteiger partial charge on any atom is -0.368 e. The monoisotopic (exact) mass is 275 g/mol. The smallest absolute Gasteiger partial charge is 0.208 e. The number of allylic oxidation sites excluding steroid dienone is 1. The first-order chi connectivity index (χ1) is 9.72. The first-order valence-electron chi connectivity index (χ1n) is 7.47. The lowest BCUT2D eigenvalue weighted by Gasteiger charge is -2.21. The van der Waals surface area contributed by atoms with Gasteiger partial charge in [-0.3, -0.25) is 4.79 Å². The predicted octanol–water partition coefficient (Wildman–Crippen LogP) is 4.18. The zero-order chi connectivity index (χ0) is 14.4. The summed E-state index contributed by atoms with van der Waals surface area (Å²) in [5.74, 6) is -0.295. The largest absolute Gasteiger partial charge is 0.368 e. The zero-order valence-electron chi connectivity index (χ0n) is 12.1. The maximum Gasteiger partial charge on any atom is 0.208 e. The van der Waals surface area contributed by atoms with Crippen LogP contribution in [0.15, 0.2) is 36.0 Å². The second-order valence-corrected chi connectivity index (χ2v) is 5.26. The molecule has 108 valence electrons. The maximum absolute atomic E-state index is 12.9. The number of carbonyl (C=O) groups excluding carboxylic acids is 1. The molecule has 0 aromatic heterocycles. The standard InChI is InChI=1S/C17H22FNO/c1-2-3-4-5-12-19-13-6-7-16(19)17(20)14-8-10-15(18)11-9-14/h7-11H,2-6,12-13H2,1H3. The molecule has 0 N–H and O–H groups in total. The minimum atomic E-state index is -0.307. The molecule has 0 atom stereocenters. The van der Waals surface area contributed by atoms with Crippen molar-refractivity contribution < 1.29 is 9.18 Å². The molecule has 0 spiro atoms. The van der Waals surface area contributed by atoms with E-state index in [1.807, 2.05) is 6.08 Å². The van der Waals surface area contributed by atoms with E-state index in [0.29, 0.717) is 5.56 Å². The van der Waals surface area contributed by atoms with Gasteiger partial charge in [0.2, 0.25) is 5.78 Å². The minimum absolute atomic E-state index is 0.0120. The number of unbranched alkanes of at least 4 members (excludes halogenated alkanes) is 3. The van der Waals surface area contributed by atoms with Gasteiger partial charge in [-0.15, -0.1) is 0 Å². The molecule has 0 saturated carbocycles. The molecule has 1 aromatic carbocycles. The zero-order valence-corrected chi connectivity index (χ0v) is 12.1. The molecule has 1 aliphatic rings. The third kappa shape index (κ3) is 3.69. The molecular weight excluding hydrogens is 253 g/mol. The third-order valence-corrected chi connectivity index (χ3v) is 3.70. The molecule has 0 radical (unpaired) electrons. The van der Waals surface area contributed by atoms with E-state index in [4.69, 9.17) is 0 Å². The molecule has 1 aromatic rings. The molecule has 3 heteroatoms. The van der Waals surface area contributed by atoms with E-state index in [1.165, 1.54) is 31.4 Å². The Labute approximate surface area is 120 Å². The van der Waals surface area contributed by atoms with Gasteiger partial charge in [-0.2, -0.15) is 0 Å². The number of carbonyl (C=O) groups is 1. The van der Waals surface area contributed by atoms with Crippen LogP contribution in [0, 0.1) is 5.82 Å². The summed E-state index contributed by atoms with van der Waals surface area (Å²) in [4.78, 5) is 14.6. The average molecular weight is 275 g/mol. The molecule has 0 aliphatic carbocycles. The highest BCUT2D eigenvalue weighted by atomic mass is 19.1. The van der Waals surface area contributed by atoms with Gasteiger partial charge < -0.3 is 4.90 Å². The van der Waals surface area contributed by atoms with Gasteiger partial charge in [-0.25, -0.2) is 4.39 Å². The van der Waals surface area contributed by atoms with Gasteiger partial charge in [-0.05, 0) is 37.1 Å². The van der Waals surface area contributed by atoms with Crippen molar-refractivity contribution in [2.75, 3.05) is 13.1 Å². The first-order valence-corrected chi connectivity index (χ1v) is 7.47. The molecule has 0 amide bonds. The number of hydrogen-bond donors (Lipinski definition) is 0. The van der Waals surface area contributed by atoms with Crippen LogP contribution in [0.4, 0.5) is 4.39 Å². The second kappa shape index (κ2) is 7.22. The highest BCUT2D eigenvalue weighted by Crippen LogP contribution is 2.20. The van der Waals surface area contributed by atoms with Crippen molar-refractivity contribution in [3.8, 4) is 0 Å². The molecule has 1 heterocycles. The summed E-state index contributed by atoms with van der Waals surface area (Å²) in [5, 5.41) is 0. The number of ketones is 1. The van der Waals surface area contributed by atoms with Crippen molar-refractivity contribution in [3.63, 3.8) is 0 Å². The Morgan fingerprint density at radius 1 is 1.20 bits per heavy atom. The van der Waals surface area contributed by atoms with Crippen molar-refractivity contribution in [2.45, 2.75) is 39.0 Å². The lowest BCUT2D eigenvalue weighted by atomic mass is 10.1. The summed E-state index contributed by atoms with van der Waals surface area (Å²) in [6, 6.07) is 5.81. The lowest BCUT2D eigenvalue weighted by molar-refractivity contribution is 0.0996. The number of benzene rings is 1. The summed E-state index contributed by atoms with van der Waals surface area (Å²) in [5.41, 5.74) is 1.35.